The van der Waals surface area contributed by atoms with Gasteiger partial charge in [-0.05, 0) is 48.7 Å². The number of carbonyl (C=O) groups excluding carboxylic acids is 1. The van der Waals surface area contributed by atoms with Crippen LogP contribution in [0.15, 0.2) is 71.7 Å². The van der Waals surface area contributed by atoms with Crippen molar-refractivity contribution in [1.82, 2.24) is 4.98 Å². The molecule has 0 saturated carbocycles. The number of hydrogen-bond acceptors (Lipinski definition) is 3. The highest BCUT2D eigenvalue weighted by Gasteiger charge is 2.10. The second kappa shape index (κ2) is 8.16. The van der Waals surface area contributed by atoms with E-state index < -0.39 is 0 Å². The zero-order valence-corrected chi connectivity index (χ0v) is 14.5. The number of aromatic nitrogens is 1. The van der Waals surface area contributed by atoms with E-state index in [4.69, 9.17) is 4.74 Å². The molecule has 1 amide bonds. The molecule has 0 bridgehead atoms. The van der Waals surface area contributed by atoms with Crippen LogP contribution in [0.3, 0.4) is 0 Å². The van der Waals surface area contributed by atoms with Gasteiger partial charge in [-0.25, -0.2) is 0 Å². The van der Waals surface area contributed by atoms with Crippen LogP contribution < -0.4 is 15.6 Å². The summed E-state index contributed by atoms with van der Waals surface area (Å²) in [6.07, 6.45) is 2.49. The van der Waals surface area contributed by atoms with E-state index >= 15 is 0 Å². The minimum atomic E-state index is -0.152. The van der Waals surface area contributed by atoms with Gasteiger partial charge in [0.15, 0.2) is 5.75 Å². The van der Waals surface area contributed by atoms with Crippen molar-refractivity contribution in [2.75, 3.05) is 5.32 Å². The number of nitrogens with one attached hydrogen (secondary N) is 2. The standard InChI is InChI=1S/C21H20N2O3/c1-15-7-10-19(26-17-5-3-2-4-6-17)18(13-15)23-21(25)12-9-16-8-11-20(24)22-14-16/h2-8,10-11,13-14H,9,12H2,1H3,(H,22,24)(H,23,25). The number of anilines is 1. The summed E-state index contributed by atoms with van der Waals surface area (Å²) < 4.78 is 5.89. The number of ether oxygens (including phenoxy) is 1. The first-order valence-electron chi connectivity index (χ1n) is 8.41. The minimum absolute atomic E-state index is 0.111. The lowest BCUT2D eigenvalue weighted by atomic mass is 10.1. The molecule has 1 heterocycles. The number of benzene rings is 2. The average molecular weight is 348 g/mol. The lowest BCUT2D eigenvalue weighted by molar-refractivity contribution is -0.116. The topological polar surface area (TPSA) is 71.2 Å². The Bertz CT molecular complexity index is 928. The smallest absolute Gasteiger partial charge is 0.247 e. The van der Waals surface area contributed by atoms with E-state index in [1.54, 1.807) is 12.3 Å². The molecule has 0 fully saturated rings. The van der Waals surface area contributed by atoms with Crippen LogP contribution in [-0.4, -0.2) is 10.9 Å². The SMILES string of the molecule is Cc1ccc(Oc2ccccc2)c(NC(=O)CCc2ccc(=O)[nH]c2)c1. The van der Waals surface area contributed by atoms with Crippen molar-refractivity contribution in [3.05, 3.63) is 88.3 Å². The second-order valence-corrected chi connectivity index (χ2v) is 6.02. The lowest BCUT2D eigenvalue weighted by Crippen LogP contribution is -2.13. The number of carbonyl (C=O) groups is 1. The molecule has 0 aliphatic heterocycles. The molecular formula is C21H20N2O3. The van der Waals surface area contributed by atoms with E-state index in [1.807, 2.05) is 55.5 Å². The summed E-state index contributed by atoms with van der Waals surface area (Å²) >= 11 is 0. The maximum atomic E-state index is 12.3. The minimum Gasteiger partial charge on any atom is -0.455 e. The van der Waals surface area contributed by atoms with E-state index in [0.717, 1.165) is 11.1 Å². The van der Waals surface area contributed by atoms with E-state index in [0.29, 0.717) is 30.0 Å². The van der Waals surface area contributed by atoms with Crippen LogP contribution in [0.25, 0.3) is 0 Å². The molecule has 0 spiro atoms. The molecule has 2 N–H and O–H groups in total. The van der Waals surface area contributed by atoms with Gasteiger partial charge < -0.3 is 15.0 Å². The fourth-order valence-corrected chi connectivity index (χ4v) is 2.51. The molecule has 26 heavy (non-hydrogen) atoms. The van der Waals surface area contributed by atoms with Crippen molar-refractivity contribution in [1.29, 1.82) is 0 Å². The molecule has 0 radical (unpaired) electrons. The Morgan fingerprint density at radius 1 is 1.08 bits per heavy atom. The number of amides is 1. The molecule has 1 aromatic heterocycles. The van der Waals surface area contributed by atoms with Crippen molar-refractivity contribution >= 4 is 11.6 Å². The molecule has 132 valence electrons. The summed E-state index contributed by atoms with van der Waals surface area (Å²) in [6, 6.07) is 18.3. The Morgan fingerprint density at radius 3 is 2.62 bits per heavy atom. The van der Waals surface area contributed by atoms with Crippen LogP contribution in [0.1, 0.15) is 17.5 Å². The second-order valence-electron chi connectivity index (χ2n) is 6.02. The maximum Gasteiger partial charge on any atom is 0.247 e. The first kappa shape index (κ1) is 17.5. The predicted octanol–water partition coefficient (Wildman–Crippen LogP) is 4.05. The van der Waals surface area contributed by atoms with Gasteiger partial charge in [0, 0.05) is 18.7 Å². The number of pyridine rings is 1. The van der Waals surface area contributed by atoms with Gasteiger partial charge in [-0.2, -0.15) is 0 Å². The Morgan fingerprint density at radius 2 is 1.88 bits per heavy atom. The monoisotopic (exact) mass is 348 g/mol. The largest absolute Gasteiger partial charge is 0.455 e. The predicted molar refractivity (Wildman–Crippen MR) is 102 cm³/mol. The number of rotatable bonds is 6. The van der Waals surface area contributed by atoms with Gasteiger partial charge in [-0.3, -0.25) is 9.59 Å². The van der Waals surface area contributed by atoms with Crippen LogP contribution in [0, 0.1) is 6.92 Å². The van der Waals surface area contributed by atoms with E-state index in [-0.39, 0.29) is 11.5 Å². The van der Waals surface area contributed by atoms with Crippen LogP contribution in [-0.2, 0) is 11.2 Å². The molecule has 3 rings (SSSR count). The zero-order valence-electron chi connectivity index (χ0n) is 14.5. The van der Waals surface area contributed by atoms with Crippen molar-refractivity contribution in [2.45, 2.75) is 19.8 Å². The molecule has 0 saturated heterocycles. The van der Waals surface area contributed by atoms with Gasteiger partial charge in [-0.15, -0.1) is 0 Å². The first-order chi connectivity index (χ1) is 12.6. The first-order valence-corrected chi connectivity index (χ1v) is 8.41. The highest BCUT2D eigenvalue weighted by atomic mass is 16.5. The molecule has 0 unspecified atom stereocenters. The normalized spacial score (nSPS) is 10.3. The van der Waals surface area contributed by atoms with Gasteiger partial charge in [0.25, 0.3) is 0 Å². The fraction of sp³-hybridized carbons (Fsp3) is 0.143. The van der Waals surface area contributed by atoms with Gasteiger partial charge in [0.1, 0.15) is 5.75 Å². The summed E-state index contributed by atoms with van der Waals surface area (Å²) in [5.74, 6) is 1.19. The van der Waals surface area contributed by atoms with Gasteiger partial charge in [0.05, 0.1) is 5.69 Å². The Kier molecular flexibility index (Phi) is 5.49. The van der Waals surface area contributed by atoms with Gasteiger partial charge >= 0.3 is 0 Å². The number of aryl methyl sites for hydroxylation is 2. The summed E-state index contributed by atoms with van der Waals surface area (Å²) in [5.41, 5.74) is 2.42. The summed E-state index contributed by atoms with van der Waals surface area (Å²) in [4.78, 5) is 26.0. The van der Waals surface area contributed by atoms with Gasteiger partial charge in [-0.1, -0.05) is 30.3 Å². The third-order valence-electron chi connectivity index (χ3n) is 3.87. The number of hydrogen-bond donors (Lipinski definition) is 2. The Hall–Kier alpha value is -3.34. The Labute approximate surface area is 151 Å². The van der Waals surface area contributed by atoms with E-state index in [1.165, 1.54) is 6.07 Å². The summed E-state index contributed by atoms with van der Waals surface area (Å²) in [5, 5.41) is 2.92. The average Bonchev–Trinajstić information content (AvgIpc) is 2.64. The van der Waals surface area contributed by atoms with Crippen molar-refractivity contribution in [3.8, 4) is 11.5 Å². The fourth-order valence-electron chi connectivity index (χ4n) is 2.51. The van der Waals surface area contributed by atoms with Crippen molar-refractivity contribution in [3.63, 3.8) is 0 Å². The zero-order chi connectivity index (χ0) is 18.4. The summed E-state index contributed by atoms with van der Waals surface area (Å²) in [7, 11) is 0. The molecule has 3 aromatic rings. The molecule has 0 atom stereocenters. The highest BCUT2D eigenvalue weighted by Crippen LogP contribution is 2.30. The molecular weight excluding hydrogens is 328 g/mol. The number of aromatic amines is 1. The van der Waals surface area contributed by atoms with Crippen molar-refractivity contribution < 1.29 is 9.53 Å². The molecule has 5 nitrogen and oxygen atoms in total. The van der Waals surface area contributed by atoms with Crippen LogP contribution in [0.4, 0.5) is 5.69 Å². The van der Waals surface area contributed by atoms with Crippen molar-refractivity contribution in [2.24, 2.45) is 0 Å². The lowest BCUT2D eigenvalue weighted by Gasteiger charge is -2.13. The Balaban J connectivity index is 1.67. The van der Waals surface area contributed by atoms with Crippen LogP contribution >= 0.6 is 0 Å². The number of H-pyrrole nitrogens is 1. The quantitative estimate of drug-likeness (QED) is 0.706. The third-order valence-corrected chi connectivity index (χ3v) is 3.87. The van der Waals surface area contributed by atoms with E-state index in [9.17, 15) is 9.59 Å². The van der Waals surface area contributed by atoms with Crippen LogP contribution in [0.2, 0.25) is 0 Å². The molecule has 0 aliphatic carbocycles. The number of para-hydroxylation sites is 1. The molecule has 5 heteroatoms. The van der Waals surface area contributed by atoms with Gasteiger partial charge in [0.2, 0.25) is 11.5 Å². The highest BCUT2D eigenvalue weighted by molar-refractivity contribution is 5.92. The molecule has 0 aliphatic rings. The van der Waals surface area contributed by atoms with Crippen LogP contribution in [0.5, 0.6) is 11.5 Å². The summed E-state index contributed by atoms with van der Waals surface area (Å²) in [6.45, 7) is 1.96. The molecule has 2 aromatic carbocycles. The van der Waals surface area contributed by atoms with E-state index in [2.05, 4.69) is 10.3 Å². The third kappa shape index (κ3) is 4.83. The maximum absolute atomic E-state index is 12.3.